The highest BCUT2D eigenvalue weighted by molar-refractivity contribution is 5.77. The van der Waals surface area contributed by atoms with E-state index in [4.69, 9.17) is 24.9 Å². The number of hydrogen-bond acceptors (Lipinski definition) is 9. The second kappa shape index (κ2) is 10.8. The standard InChI is InChI=1S/C27H33N5O5/c1-3-35-21-11-10-18(12-22(21)36-4-2)30-31-14-20-19(17-8-6-5-7-9-17)15-32(26(20)29-16-31)27-25(34)24(33)23(13-28)37-27/h5-12,15-16,23-25,27,30,33-34H,3-4,13-14,28H2,1-2H3/t23-,24-,25-,27-/m1/s1. The van der Waals surface area contributed by atoms with E-state index in [2.05, 4.69) is 5.43 Å². The van der Waals surface area contributed by atoms with Crippen LogP contribution in [0.15, 0.2) is 59.7 Å². The van der Waals surface area contributed by atoms with Crippen LogP contribution in [0.5, 0.6) is 11.5 Å². The molecule has 1 fully saturated rings. The first-order valence-electron chi connectivity index (χ1n) is 12.5. The van der Waals surface area contributed by atoms with Gasteiger partial charge in [0.15, 0.2) is 17.7 Å². The highest BCUT2D eigenvalue weighted by atomic mass is 16.6. The topological polar surface area (TPSA) is 127 Å². The molecule has 5 N–H and O–H groups in total. The van der Waals surface area contributed by atoms with Crippen molar-refractivity contribution in [3.05, 3.63) is 60.3 Å². The summed E-state index contributed by atoms with van der Waals surface area (Å²) in [5, 5.41) is 23.0. The van der Waals surface area contributed by atoms with Gasteiger partial charge < -0.3 is 34.7 Å². The predicted molar refractivity (Wildman–Crippen MR) is 141 cm³/mol. The average Bonchev–Trinajstić information content (AvgIpc) is 3.43. The monoisotopic (exact) mass is 507 g/mol. The molecular formula is C27H33N5O5. The van der Waals surface area contributed by atoms with E-state index in [9.17, 15) is 10.2 Å². The van der Waals surface area contributed by atoms with Gasteiger partial charge in [-0.15, -0.1) is 0 Å². The van der Waals surface area contributed by atoms with Crippen molar-refractivity contribution >= 4 is 17.8 Å². The van der Waals surface area contributed by atoms with Gasteiger partial charge in [-0.05, 0) is 31.5 Å². The minimum absolute atomic E-state index is 0.108. The lowest BCUT2D eigenvalue weighted by Crippen LogP contribution is -2.35. The van der Waals surface area contributed by atoms with Gasteiger partial charge in [-0.2, -0.15) is 0 Å². The molecule has 2 aliphatic rings. The van der Waals surface area contributed by atoms with Crippen LogP contribution in [0.4, 0.5) is 11.5 Å². The number of aliphatic imine (C=N–C) groups is 1. The number of anilines is 1. The van der Waals surface area contributed by atoms with Crippen LogP contribution >= 0.6 is 0 Å². The van der Waals surface area contributed by atoms with Crippen molar-refractivity contribution in [1.82, 2.24) is 9.58 Å². The smallest absolute Gasteiger partial charge is 0.164 e. The Morgan fingerprint density at radius 2 is 1.81 bits per heavy atom. The molecule has 4 atom stereocenters. The van der Waals surface area contributed by atoms with Gasteiger partial charge in [-0.3, -0.25) is 10.4 Å². The summed E-state index contributed by atoms with van der Waals surface area (Å²) in [5.41, 5.74) is 12.9. The number of aliphatic hydroxyl groups is 2. The SMILES string of the molecule is CCOc1ccc(NN2C=Nc3c(c(-c4ccccc4)cn3[C@@H]3O[C@H](CN)[C@@H](O)[C@H]3O)C2)cc1OCC. The Labute approximate surface area is 215 Å². The lowest BCUT2D eigenvalue weighted by Gasteiger charge is -2.27. The first-order valence-corrected chi connectivity index (χ1v) is 12.5. The summed E-state index contributed by atoms with van der Waals surface area (Å²) in [5.74, 6) is 2.02. The molecule has 3 heterocycles. The summed E-state index contributed by atoms with van der Waals surface area (Å²) in [7, 11) is 0. The van der Waals surface area contributed by atoms with Crippen LogP contribution < -0.4 is 20.6 Å². The molecule has 10 heteroatoms. The highest BCUT2D eigenvalue weighted by Crippen LogP contribution is 2.41. The number of nitrogens with one attached hydrogen (secondary N) is 1. The van der Waals surface area contributed by atoms with E-state index in [1.54, 1.807) is 10.9 Å². The van der Waals surface area contributed by atoms with Crippen molar-refractivity contribution < 1.29 is 24.4 Å². The minimum atomic E-state index is -1.12. The zero-order chi connectivity index (χ0) is 25.9. The summed E-state index contributed by atoms with van der Waals surface area (Å²) in [6.45, 7) is 5.56. The van der Waals surface area contributed by atoms with Crippen molar-refractivity contribution in [2.75, 3.05) is 25.2 Å². The fourth-order valence-corrected chi connectivity index (χ4v) is 4.76. The fourth-order valence-electron chi connectivity index (χ4n) is 4.76. The number of fused-ring (bicyclic) bond motifs is 1. The lowest BCUT2D eigenvalue weighted by atomic mass is 10.0. The van der Waals surface area contributed by atoms with Gasteiger partial charge in [0.25, 0.3) is 0 Å². The second-order valence-corrected chi connectivity index (χ2v) is 8.91. The molecule has 37 heavy (non-hydrogen) atoms. The fraction of sp³-hybridized carbons (Fsp3) is 0.370. The largest absolute Gasteiger partial charge is 0.490 e. The van der Waals surface area contributed by atoms with Gasteiger partial charge in [0.1, 0.15) is 30.5 Å². The van der Waals surface area contributed by atoms with Crippen molar-refractivity contribution in [3.63, 3.8) is 0 Å². The van der Waals surface area contributed by atoms with Crippen molar-refractivity contribution in [1.29, 1.82) is 0 Å². The van der Waals surface area contributed by atoms with Gasteiger partial charge >= 0.3 is 0 Å². The van der Waals surface area contributed by atoms with Crippen molar-refractivity contribution in [3.8, 4) is 22.6 Å². The second-order valence-electron chi connectivity index (χ2n) is 8.91. The van der Waals surface area contributed by atoms with E-state index in [1.807, 2.05) is 73.6 Å². The Bertz CT molecular complexity index is 1250. The Hall–Kier alpha value is -3.57. The quantitative estimate of drug-likeness (QED) is 0.348. The molecule has 2 aliphatic heterocycles. The van der Waals surface area contributed by atoms with Crippen LogP contribution in [0.25, 0.3) is 11.1 Å². The summed E-state index contributed by atoms with van der Waals surface area (Å²) in [6, 6.07) is 15.7. The molecule has 0 saturated carbocycles. The molecule has 0 spiro atoms. The van der Waals surface area contributed by atoms with E-state index in [0.29, 0.717) is 37.1 Å². The number of benzene rings is 2. The Morgan fingerprint density at radius 1 is 1.05 bits per heavy atom. The van der Waals surface area contributed by atoms with E-state index in [-0.39, 0.29) is 6.54 Å². The van der Waals surface area contributed by atoms with Crippen LogP contribution in [-0.2, 0) is 11.3 Å². The third kappa shape index (κ3) is 4.88. The number of aliphatic hydroxyl groups excluding tert-OH is 2. The first-order chi connectivity index (χ1) is 18.0. The van der Waals surface area contributed by atoms with Crippen molar-refractivity contribution in [2.24, 2.45) is 10.7 Å². The Morgan fingerprint density at radius 3 is 2.51 bits per heavy atom. The minimum Gasteiger partial charge on any atom is -0.490 e. The number of aromatic nitrogens is 1. The molecule has 1 saturated heterocycles. The van der Waals surface area contributed by atoms with Gasteiger partial charge in [-0.25, -0.2) is 4.99 Å². The average molecular weight is 508 g/mol. The molecule has 2 aromatic carbocycles. The molecule has 3 aromatic rings. The summed E-state index contributed by atoms with van der Waals surface area (Å²) in [6.07, 6.45) is -0.0269. The third-order valence-corrected chi connectivity index (χ3v) is 6.50. The van der Waals surface area contributed by atoms with Gasteiger partial charge in [0, 0.05) is 29.9 Å². The molecular weight excluding hydrogens is 474 g/mol. The van der Waals surface area contributed by atoms with E-state index in [1.165, 1.54) is 0 Å². The number of rotatable bonds is 9. The van der Waals surface area contributed by atoms with Crippen LogP contribution in [0.3, 0.4) is 0 Å². The molecule has 10 nitrogen and oxygen atoms in total. The van der Waals surface area contributed by atoms with Gasteiger partial charge in [0.2, 0.25) is 0 Å². The zero-order valence-electron chi connectivity index (χ0n) is 20.9. The number of hydrogen-bond donors (Lipinski definition) is 4. The maximum atomic E-state index is 10.7. The summed E-state index contributed by atoms with van der Waals surface area (Å²) in [4.78, 5) is 4.72. The van der Waals surface area contributed by atoms with Gasteiger partial charge in [-0.1, -0.05) is 30.3 Å². The van der Waals surface area contributed by atoms with Crippen molar-refractivity contribution in [2.45, 2.75) is 44.9 Å². The molecule has 0 aliphatic carbocycles. The molecule has 0 unspecified atom stereocenters. The molecule has 0 bridgehead atoms. The zero-order valence-corrected chi connectivity index (χ0v) is 20.9. The maximum absolute atomic E-state index is 10.7. The Kier molecular flexibility index (Phi) is 7.33. The summed E-state index contributed by atoms with van der Waals surface area (Å²) >= 11 is 0. The number of nitrogens with zero attached hydrogens (tertiary/aromatic N) is 3. The molecule has 0 radical (unpaired) electrons. The van der Waals surface area contributed by atoms with Crippen LogP contribution in [-0.4, -0.2) is 64.2 Å². The van der Waals surface area contributed by atoms with Crippen LogP contribution in [0.2, 0.25) is 0 Å². The highest BCUT2D eigenvalue weighted by Gasteiger charge is 2.44. The van der Waals surface area contributed by atoms with E-state index < -0.39 is 24.5 Å². The predicted octanol–water partition coefficient (Wildman–Crippen LogP) is 3.03. The molecule has 5 rings (SSSR count). The molecule has 196 valence electrons. The van der Waals surface area contributed by atoms with E-state index in [0.717, 1.165) is 22.4 Å². The number of nitrogens with two attached hydrogens (primary N) is 1. The van der Waals surface area contributed by atoms with E-state index >= 15 is 0 Å². The van der Waals surface area contributed by atoms with Crippen LogP contribution in [0, 0.1) is 0 Å². The maximum Gasteiger partial charge on any atom is 0.164 e. The van der Waals surface area contributed by atoms with Gasteiger partial charge in [0.05, 0.1) is 25.4 Å². The third-order valence-electron chi connectivity index (χ3n) is 6.50. The van der Waals surface area contributed by atoms with Crippen LogP contribution in [0.1, 0.15) is 25.6 Å². The first kappa shape index (κ1) is 25.1. The number of ether oxygens (including phenoxy) is 3. The Balaban J connectivity index is 1.46. The lowest BCUT2D eigenvalue weighted by molar-refractivity contribution is -0.0330. The normalized spacial score (nSPS) is 22.7. The summed E-state index contributed by atoms with van der Waals surface area (Å²) < 4.78 is 19.2. The molecule has 0 amide bonds. The number of hydrazine groups is 1. The molecule has 1 aromatic heterocycles.